The minimum absolute atomic E-state index is 0.181. The summed E-state index contributed by atoms with van der Waals surface area (Å²) in [5.74, 6) is 0.0465. The SMILES string of the molecule is COc1c(-c2ccnc(F)c2)cc(C)cc1-c1ccc(-n2ccn(C)c2=O)c(Cl)c1. The number of hydrogen-bond donors (Lipinski definition) is 0. The highest BCUT2D eigenvalue weighted by Crippen LogP contribution is 2.41. The van der Waals surface area contributed by atoms with Crippen molar-refractivity contribution in [3.63, 3.8) is 0 Å². The smallest absolute Gasteiger partial charge is 0.332 e. The van der Waals surface area contributed by atoms with E-state index in [-0.39, 0.29) is 5.69 Å². The van der Waals surface area contributed by atoms with Crippen LogP contribution in [0.1, 0.15) is 5.56 Å². The molecule has 0 N–H and O–H groups in total. The van der Waals surface area contributed by atoms with Gasteiger partial charge in [-0.05, 0) is 53.9 Å². The van der Waals surface area contributed by atoms with Gasteiger partial charge in [0.25, 0.3) is 0 Å². The zero-order chi connectivity index (χ0) is 21.4. The zero-order valence-electron chi connectivity index (χ0n) is 16.7. The van der Waals surface area contributed by atoms with E-state index in [1.165, 1.54) is 21.4 Å². The number of pyridine rings is 1. The molecule has 4 aromatic rings. The highest BCUT2D eigenvalue weighted by atomic mass is 35.5. The Labute approximate surface area is 178 Å². The maximum absolute atomic E-state index is 13.7. The van der Waals surface area contributed by atoms with Gasteiger partial charge >= 0.3 is 5.69 Å². The van der Waals surface area contributed by atoms with Gasteiger partial charge in [0.1, 0.15) is 5.75 Å². The highest BCUT2D eigenvalue weighted by molar-refractivity contribution is 6.32. The van der Waals surface area contributed by atoms with Crippen molar-refractivity contribution < 1.29 is 9.13 Å². The third-order valence-corrected chi connectivity index (χ3v) is 5.24. The molecule has 7 heteroatoms. The Balaban J connectivity index is 1.88. The van der Waals surface area contributed by atoms with Crippen LogP contribution in [-0.2, 0) is 7.05 Å². The number of aryl methyl sites for hydroxylation is 2. The second kappa shape index (κ2) is 7.80. The standard InChI is InChI=1S/C23H19ClFN3O2/c1-14-10-17(22(30-3)18(11-14)16-6-7-26-21(25)13-16)15-4-5-20(19(24)12-15)28-9-8-27(2)23(28)29/h4-13H,1-3H3. The molecule has 30 heavy (non-hydrogen) atoms. The quantitative estimate of drug-likeness (QED) is 0.433. The van der Waals surface area contributed by atoms with Crippen LogP contribution >= 0.6 is 11.6 Å². The molecular weight excluding hydrogens is 405 g/mol. The molecular formula is C23H19ClFN3O2. The van der Waals surface area contributed by atoms with Gasteiger partial charge in [0, 0.05) is 42.8 Å². The molecule has 0 radical (unpaired) electrons. The van der Waals surface area contributed by atoms with E-state index in [1.54, 1.807) is 44.8 Å². The number of hydrogen-bond acceptors (Lipinski definition) is 3. The van der Waals surface area contributed by atoms with Crippen molar-refractivity contribution in [1.29, 1.82) is 0 Å². The van der Waals surface area contributed by atoms with E-state index in [0.717, 1.165) is 22.3 Å². The van der Waals surface area contributed by atoms with Crippen LogP contribution in [0.4, 0.5) is 4.39 Å². The van der Waals surface area contributed by atoms with Crippen molar-refractivity contribution in [2.24, 2.45) is 7.05 Å². The minimum atomic E-state index is -0.557. The third-order valence-electron chi connectivity index (χ3n) is 4.94. The van der Waals surface area contributed by atoms with Crippen LogP contribution in [0, 0.1) is 12.9 Å². The summed E-state index contributed by atoms with van der Waals surface area (Å²) in [6.07, 6.45) is 4.78. The maximum Gasteiger partial charge on any atom is 0.332 e. The lowest BCUT2D eigenvalue weighted by Crippen LogP contribution is -2.20. The van der Waals surface area contributed by atoms with Gasteiger partial charge in [-0.25, -0.2) is 9.78 Å². The molecule has 0 fully saturated rings. The molecule has 0 aliphatic carbocycles. The first kappa shape index (κ1) is 19.9. The van der Waals surface area contributed by atoms with Crippen molar-refractivity contribution in [2.45, 2.75) is 6.92 Å². The largest absolute Gasteiger partial charge is 0.495 e. The fourth-order valence-corrected chi connectivity index (χ4v) is 3.78. The molecule has 0 aliphatic heterocycles. The first-order valence-corrected chi connectivity index (χ1v) is 9.61. The monoisotopic (exact) mass is 423 g/mol. The number of imidazole rings is 1. The summed E-state index contributed by atoms with van der Waals surface area (Å²) in [7, 11) is 3.26. The second-order valence-corrected chi connectivity index (χ2v) is 7.40. The van der Waals surface area contributed by atoms with E-state index in [9.17, 15) is 9.18 Å². The lowest BCUT2D eigenvalue weighted by Gasteiger charge is -2.16. The van der Waals surface area contributed by atoms with Crippen molar-refractivity contribution in [1.82, 2.24) is 14.1 Å². The topological polar surface area (TPSA) is 49.0 Å². The normalized spacial score (nSPS) is 11.0. The van der Waals surface area contributed by atoms with Gasteiger partial charge in [0.15, 0.2) is 0 Å². The number of methoxy groups -OCH3 is 1. The van der Waals surface area contributed by atoms with Gasteiger partial charge in [-0.1, -0.05) is 17.7 Å². The molecule has 152 valence electrons. The lowest BCUT2D eigenvalue weighted by atomic mass is 9.95. The van der Waals surface area contributed by atoms with E-state index in [4.69, 9.17) is 16.3 Å². The fraction of sp³-hybridized carbons (Fsp3) is 0.130. The Hall–Kier alpha value is -3.38. The number of benzene rings is 2. The number of halogens is 2. The summed E-state index contributed by atoms with van der Waals surface area (Å²) in [6, 6.07) is 12.5. The van der Waals surface area contributed by atoms with Gasteiger partial charge in [-0.2, -0.15) is 4.39 Å². The lowest BCUT2D eigenvalue weighted by molar-refractivity contribution is 0.418. The average Bonchev–Trinajstić information content (AvgIpc) is 3.05. The molecule has 2 aromatic heterocycles. The Kier molecular flexibility index (Phi) is 5.18. The summed E-state index contributed by atoms with van der Waals surface area (Å²) in [4.78, 5) is 15.9. The van der Waals surface area contributed by atoms with Crippen LogP contribution in [0.5, 0.6) is 5.75 Å². The summed E-state index contributed by atoms with van der Waals surface area (Å²) in [6.45, 7) is 1.96. The van der Waals surface area contributed by atoms with Gasteiger partial charge in [0.05, 0.1) is 17.8 Å². The van der Waals surface area contributed by atoms with E-state index < -0.39 is 5.95 Å². The molecule has 0 saturated heterocycles. The molecule has 5 nitrogen and oxygen atoms in total. The van der Waals surface area contributed by atoms with E-state index >= 15 is 0 Å². The van der Waals surface area contributed by atoms with Crippen LogP contribution in [0.15, 0.2) is 65.8 Å². The van der Waals surface area contributed by atoms with Crippen molar-refractivity contribution >= 4 is 11.6 Å². The van der Waals surface area contributed by atoms with Crippen LogP contribution in [0.25, 0.3) is 27.9 Å². The molecule has 0 amide bonds. The predicted molar refractivity (Wildman–Crippen MR) is 116 cm³/mol. The van der Waals surface area contributed by atoms with Crippen molar-refractivity contribution in [3.8, 4) is 33.7 Å². The van der Waals surface area contributed by atoms with E-state index in [1.807, 2.05) is 25.1 Å². The molecule has 2 heterocycles. The van der Waals surface area contributed by atoms with Crippen molar-refractivity contribution in [2.75, 3.05) is 7.11 Å². The summed E-state index contributed by atoms with van der Waals surface area (Å²) in [5.41, 5.74) is 4.46. The van der Waals surface area contributed by atoms with Crippen molar-refractivity contribution in [3.05, 3.63) is 88.1 Å². The molecule has 0 atom stereocenters. The Bertz CT molecular complexity index is 1310. The Morgan fingerprint density at radius 2 is 1.73 bits per heavy atom. The number of nitrogens with zero attached hydrogens (tertiary/aromatic N) is 3. The zero-order valence-corrected chi connectivity index (χ0v) is 17.4. The molecule has 4 rings (SSSR count). The first-order chi connectivity index (χ1) is 14.4. The van der Waals surface area contributed by atoms with Crippen LogP contribution in [0.2, 0.25) is 5.02 Å². The molecule has 0 spiro atoms. The number of ether oxygens (including phenoxy) is 1. The highest BCUT2D eigenvalue weighted by Gasteiger charge is 2.16. The summed E-state index contributed by atoms with van der Waals surface area (Å²) in [5, 5.41) is 0.431. The van der Waals surface area contributed by atoms with E-state index in [2.05, 4.69) is 4.98 Å². The molecule has 2 aromatic carbocycles. The molecule has 0 unspecified atom stereocenters. The van der Waals surface area contributed by atoms with E-state index in [0.29, 0.717) is 22.0 Å². The molecule has 0 saturated carbocycles. The van der Waals surface area contributed by atoms with Crippen LogP contribution in [-0.4, -0.2) is 21.2 Å². The van der Waals surface area contributed by atoms with Gasteiger partial charge < -0.3 is 9.30 Å². The van der Waals surface area contributed by atoms with Gasteiger partial charge in [-0.15, -0.1) is 0 Å². The minimum Gasteiger partial charge on any atom is -0.495 e. The Morgan fingerprint density at radius 1 is 1.03 bits per heavy atom. The van der Waals surface area contributed by atoms with Crippen LogP contribution in [0.3, 0.4) is 0 Å². The number of aromatic nitrogens is 3. The third kappa shape index (κ3) is 3.50. The summed E-state index contributed by atoms with van der Waals surface area (Å²) >= 11 is 6.54. The second-order valence-electron chi connectivity index (χ2n) is 6.99. The fourth-order valence-electron chi connectivity index (χ4n) is 3.51. The summed E-state index contributed by atoms with van der Waals surface area (Å²) < 4.78 is 22.4. The molecule has 0 bridgehead atoms. The molecule has 0 aliphatic rings. The Morgan fingerprint density at radius 3 is 2.30 bits per heavy atom. The van der Waals surface area contributed by atoms with Crippen LogP contribution < -0.4 is 10.4 Å². The first-order valence-electron chi connectivity index (χ1n) is 9.24. The van der Waals surface area contributed by atoms with Gasteiger partial charge in [-0.3, -0.25) is 4.57 Å². The number of rotatable bonds is 4. The predicted octanol–water partition coefficient (Wildman–Crippen LogP) is 5.01. The maximum atomic E-state index is 13.7. The average molecular weight is 424 g/mol. The van der Waals surface area contributed by atoms with Gasteiger partial charge in [0.2, 0.25) is 5.95 Å².